The highest BCUT2D eigenvalue weighted by molar-refractivity contribution is 7.21. The Balaban J connectivity index is 1.69. The molecule has 2 heterocycles. The molecule has 1 aliphatic carbocycles. The largest absolute Gasteiger partial charge is 0.399 e. The maximum Gasteiger partial charge on any atom is 0.262 e. The Morgan fingerprint density at radius 1 is 1.16 bits per heavy atom. The predicted molar refractivity (Wildman–Crippen MR) is 127 cm³/mol. The normalized spacial score (nSPS) is 25.1. The Labute approximate surface area is 189 Å². The van der Waals surface area contributed by atoms with Crippen molar-refractivity contribution in [1.82, 2.24) is 10.6 Å². The van der Waals surface area contributed by atoms with E-state index >= 15 is 0 Å². The summed E-state index contributed by atoms with van der Waals surface area (Å²) in [6.45, 7) is 1.66. The van der Waals surface area contributed by atoms with E-state index < -0.39 is 11.6 Å². The number of nitrogens with two attached hydrogens (primary N) is 4. The van der Waals surface area contributed by atoms with Gasteiger partial charge < -0.3 is 33.6 Å². The Bertz CT molecular complexity index is 1230. The molecule has 0 spiro atoms. The number of thiophene rings is 1. The van der Waals surface area contributed by atoms with Gasteiger partial charge in [0.05, 0.1) is 15.6 Å². The van der Waals surface area contributed by atoms with Crippen LogP contribution in [0.15, 0.2) is 36.4 Å². The fourth-order valence-corrected chi connectivity index (χ4v) is 6.02. The van der Waals surface area contributed by atoms with E-state index in [1.807, 2.05) is 0 Å². The summed E-state index contributed by atoms with van der Waals surface area (Å²) in [6.07, 6.45) is 1.90. The van der Waals surface area contributed by atoms with Crippen LogP contribution < -0.4 is 33.6 Å². The first-order valence-corrected chi connectivity index (χ1v) is 11.5. The maximum absolute atomic E-state index is 13.6. The molecule has 3 atom stereocenters. The molecule has 3 aromatic rings. The van der Waals surface area contributed by atoms with Gasteiger partial charge in [-0.25, -0.2) is 0 Å². The van der Waals surface area contributed by atoms with Gasteiger partial charge in [-0.1, -0.05) is 18.2 Å². The number of anilines is 2. The Kier molecular flexibility index (Phi) is 4.94. The highest BCUT2D eigenvalue weighted by atomic mass is 32.1. The Morgan fingerprint density at radius 2 is 1.91 bits per heavy atom. The molecule has 1 aromatic heterocycles. The van der Waals surface area contributed by atoms with Crippen LogP contribution in [0.5, 0.6) is 0 Å². The van der Waals surface area contributed by atoms with E-state index in [1.54, 1.807) is 36.4 Å². The average molecular weight is 451 g/mol. The molecule has 1 saturated heterocycles. The molecule has 0 bridgehead atoms. The topological polar surface area (TPSA) is 162 Å². The van der Waals surface area contributed by atoms with Gasteiger partial charge in [-0.05, 0) is 48.7 Å². The van der Waals surface area contributed by atoms with Crippen LogP contribution >= 0.6 is 11.3 Å². The second-order valence-corrected chi connectivity index (χ2v) is 9.56. The molecule has 3 unspecified atom stereocenters. The summed E-state index contributed by atoms with van der Waals surface area (Å²) in [6, 6.07) is 9.37. The number of benzene rings is 2. The monoisotopic (exact) mass is 450 g/mol. The van der Waals surface area contributed by atoms with Crippen molar-refractivity contribution < 1.29 is 9.59 Å². The summed E-state index contributed by atoms with van der Waals surface area (Å²) in [4.78, 5) is 27.3. The minimum atomic E-state index is -1.46. The molecule has 0 radical (unpaired) electrons. The van der Waals surface area contributed by atoms with Gasteiger partial charge in [0.1, 0.15) is 5.54 Å². The summed E-state index contributed by atoms with van der Waals surface area (Å²) < 4.78 is 0.720. The molecule has 1 amide bonds. The van der Waals surface area contributed by atoms with Crippen molar-refractivity contribution in [3.8, 4) is 0 Å². The number of amides is 1. The van der Waals surface area contributed by atoms with Crippen LogP contribution in [-0.4, -0.2) is 30.8 Å². The zero-order valence-corrected chi connectivity index (χ0v) is 18.3. The molecule has 32 heavy (non-hydrogen) atoms. The number of nitrogen functional groups attached to an aromatic ring is 2. The first-order chi connectivity index (χ1) is 15.3. The molecule has 9 heteroatoms. The number of hydrogen-bond donors (Lipinski definition) is 6. The molecule has 2 aromatic carbocycles. The second kappa shape index (κ2) is 7.56. The summed E-state index contributed by atoms with van der Waals surface area (Å²) >= 11 is 1.26. The summed E-state index contributed by atoms with van der Waals surface area (Å²) in [5, 5.41) is 7.08. The van der Waals surface area contributed by atoms with Crippen molar-refractivity contribution in [1.29, 1.82) is 0 Å². The third kappa shape index (κ3) is 3.01. The fourth-order valence-electron chi connectivity index (χ4n) is 4.82. The number of piperidine rings is 1. The summed E-state index contributed by atoms with van der Waals surface area (Å²) in [5.41, 5.74) is 26.7. The van der Waals surface area contributed by atoms with Crippen LogP contribution in [0.1, 0.15) is 45.2 Å². The van der Waals surface area contributed by atoms with Crippen molar-refractivity contribution in [2.24, 2.45) is 11.5 Å². The lowest BCUT2D eigenvalue weighted by atomic mass is 9.70. The Morgan fingerprint density at radius 3 is 2.59 bits per heavy atom. The molecule has 10 N–H and O–H groups in total. The van der Waals surface area contributed by atoms with E-state index in [0.29, 0.717) is 44.9 Å². The number of Topliss-reactive ketones (excluding diaryl/α,β-unsaturated/α-hetero) is 1. The number of carbonyl (C=O) groups is 2. The van der Waals surface area contributed by atoms with Crippen LogP contribution in [0.25, 0.3) is 10.1 Å². The van der Waals surface area contributed by atoms with E-state index in [9.17, 15) is 9.59 Å². The lowest BCUT2D eigenvalue weighted by molar-refractivity contribution is -0.124. The first kappa shape index (κ1) is 20.9. The quantitative estimate of drug-likeness (QED) is 0.328. The van der Waals surface area contributed by atoms with Gasteiger partial charge in [-0.2, -0.15) is 0 Å². The molecule has 1 fully saturated rings. The predicted octanol–water partition coefficient (Wildman–Crippen LogP) is 1.33. The van der Waals surface area contributed by atoms with Crippen LogP contribution in [0.3, 0.4) is 0 Å². The SMILES string of the molecule is Nc1ccc(C2(N)C(=O)C(N)c3c(C(=O)NC4CCCNC4)sc4c(N)ccc2c34)cc1. The highest BCUT2D eigenvalue weighted by Gasteiger charge is 2.48. The zero-order chi connectivity index (χ0) is 22.6. The van der Waals surface area contributed by atoms with Gasteiger partial charge in [0, 0.05) is 34.9 Å². The standard InChI is InChI=1S/C23H26N6O2S/c24-12-5-3-11(4-6-12)23(27)14-7-8-15(25)19-16(14)17(18(26)21(23)30)20(32-19)22(31)29-13-2-1-9-28-10-13/h3-8,13,18,28H,1-2,9-10,24-27H2,(H,29,31). The summed E-state index contributed by atoms with van der Waals surface area (Å²) in [7, 11) is 0. The lowest BCUT2D eigenvalue weighted by Gasteiger charge is -2.36. The number of hydrogen-bond acceptors (Lipinski definition) is 8. The van der Waals surface area contributed by atoms with Crippen LogP contribution in [0.4, 0.5) is 11.4 Å². The molecule has 5 rings (SSSR count). The van der Waals surface area contributed by atoms with Crippen molar-refractivity contribution in [3.05, 3.63) is 58.0 Å². The maximum atomic E-state index is 13.6. The van der Waals surface area contributed by atoms with Gasteiger partial charge >= 0.3 is 0 Å². The van der Waals surface area contributed by atoms with Crippen molar-refractivity contribution >= 4 is 44.5 Å². The molecule has 2 aliphatic rings. The van der Waals surface area contributed by atoms with Crippen LogP contribution in [0.2, 0.25) is 0 Å². The van der Waals surface area contributed by atoms with Gasteiger partial charge in [-0.3, -0.25) is 9.59 Å². The minimum absolute atomic E-state index is 0.0318. The first-order valence-electron chi connectivity index (χ1n) is 10.6. The minimum Gasteiger partial charge on any atom is -0.399 e. The highest BCUT2D eigenvalue weighted by Crippen LogP contribution is 2.49. The van der Waals surface area contributed by atoms with Gasteiger partial charge in [-0.15, -0.1) is 11.3 Å². The summed E-state index contributed by atoms with van der Waals surface area (Å²) in [5.74, 6) is -0.604. The van der Waals surface area contributed by atoms with Crippen LogP contribution in [0, 0.1) is 0 Å². The van der Waals surface area contributed by atoms with E-state index in [1.165, 1.54) is 11.3 Å². The zero-order valence-electron chi connectivity index (χ0n) is 17.5. The third-order valence-corrected chi connectivity index (χ3v) is 7.77. The fraction of sp³-hybridized carbons (Fsp3) is 0.304. The molecule has 1 aliphatic heterocycles. The molecular formula is C23H26N6O2S. The molecule has 0 saturated carbocycles. The van der Waals surface area contributed by atoms with Gasteiger partial charge in [0.2, 0.25) is 0 Å². The van der Waals surface area contributed by atoms with Crippen molar-refractivity contribution in [2.45, 2.75) is 30.5 Å². The molecular weight excluding hydrogens is 424 g/mol. The van der Waals surface area contributed by atoms with Gasteiger partial charge in [0.25, 0.3) is 5.91 Å². The van der Waals surface area contributed by atoms with Crippen LogP contribution in [-0.2, 0) is 10.3 Å². The number of nitrogens with one attached hydrogen (secondary N) is 2. The average Bonchev–Trinajstić information content (AvgIpc) is 3.20. The van der Waals surface area contributed by atoms with Crippen molar-refractivity contribution in [2.75, 3.05) is 24.6 Å². The molecule has 8 nitrogen and oxygen atoms in total. The second-order valence-electron chi connectivity index (χ2n) is 8.54. The smallest absolute Gasteiger partial charge is 0.262 e. The third-order valence-electron chi connectivity index (χ3n) is 6.52. The number of ketones is 1. The van der Waals surface area contributed by atoms with E-state index in [2.05, 4.69) is 10.6 Å². The lowest BCUT2D eigenvalue weighted by Crippen LogP contribution is -2.52. The number of rotatable bonds is 3. The van der Waals surface area contributed by atoms with Gasteiger partial charge in [0.15, 0.2) is 5.78 Å². The Hall–Kier alpha value is -2.98. The molecule has 166 valence electrons. The van der Waals surface area contributed by atoms with E-state index in [-0.39, 0.29) is 17.7 Å². The van der Waals surface area contributed by atoms with Crippen molar-refractivity contribution in [3.63, 3.8) is 0 Å². The number of carbonyl (C=O) groups excluding carboxylic acids is 2. The van der Waals surface area contributed by atoms with E-state index in [0.717, 1.165) is 24.1 Å². The van der Waals surface area contributed by atoms with E-state index in [4.69, 9.17) is 22.9 Å².